The Morgan fingerprint density at radius 1 is 1.18 bits per heavy atom. The maximum Gasteiger partial charge on any atom is 0.108 e. The Morgan fingerprint density at radius 2 is 1.76 bits per heavy atom. The van der Waals surface area contributed by atoms with Crippen LogP contribution >= 0.6 is 0 Å². The van der Waals surface area contributed by atoms with Gasteiger partial charge in [-0.1, -0.05) is 6.92 Å². The van der Waals surface area contributed by atoms with Crippen LogP contribution in [0.25, 0.3) is 0 Å². The molecule has 1 fully saturated rings. The van der Waals surface area contributed by atoms with Gasteiger partial charge in [0.25, 0.3) is 0 Å². The van der Waals surface area contributed by atoms with Gasteiger partial charge in [0.2, 0.25) is 0 Å². The normalized spacial score (nSPS) is 34.6. The summed E-state index contributed by atoms with van der Waals surface area (Å²) < 4.78 is 17.7. The second kappa shape index (κ2) is 5.68. The van der Waals surface area contributed by atoms with Crippen molar-refractivity contribution >= 4 is 0 Å². The van der Waals surface area contributed by atoms with Crippen LogP contribution in [0, 0.1) is 5.92 Å². The van der Waals surface area contributed by atoms with Crippen molar-refractivity contribution in [1.82, 2.24) is 0 Å². The van der Waals surface area contributed by atoms with E-state index in [-0.39, 0.29) is 30.0 Å². The third-order valence-corrected chi connectivity index (χ3v) is 3.12. The lowest BCUT2D eigenvalue weighted by atomic mass is 9.99. The zero-order valence-electron chi connectivity index (χ0n) is 12.3. The van der Waals surface area contributed by atoms with Gasteiger partial charge in [-0.2, -0.15) is 0 Å². The van der Waals surface area contributed by atoms with Gasteiger partial charge in [-0.05, 0) is 41.5 Å². The fraction of sp³-hybridized carbons (Fsp3) is 1.00. The molecule has 1 unspecified atom stereocenters. The first-order chi connectivity index (χ1) is 7.70. The van der Waals surface area contributed by atoms with E-state index < -0.39 is 0 Å². The Morgan fingerprint density at radius 3 is 2.24 bits per heavy atom. The van der Waals surface area contributed by atoms with Crippen molar-refractivity contribution < 1.29 is 14.2 Å². The van der Waals surface area contributed by atoms with E-state index in [1.165, 1.54) is 0 Å². The maximum atomic E-state index is 5.97. The van der Waals surface area contributed by atoms with Crippen LogP contribution in [0.1, 0.15) is 48.5 Å². The SMILES string of the molecule is CC(C)OC1[C@@H](COC(C)(C)C)O[C@@H](C)[C@H]1C. The zero-order chi connectivity index (χ0) is 13.2. The zero-order valence-corrected chi connectivity index (χ0v) is 12.3. The largest absolute Gasteiger partial charge is 0.373 e. The summed E-state index contributed by atoms with van der Waals surface area (Å²) in [4.78, 5) is 0. The molecule has 0 spiro atoms. The van der Waals surface area contributed by atoms with Crippen molar-refractivity contribution in [1.29, 1.82) is 0 Å². The highest BCUT2D eigenvalue weighted by Gasteiger charge is 2.41. The molecule has 0 radical (unpaired) electrons. The van der Waals surface area contributed by atoms with E-state index in [1.807, 2.05) is 0 Å². The average Bonchev–Trinajstić information content (AvgIpc) is 2.41. The number of hydrogen-bond acceptors (Lipinski definition) is 3. The molecule has 0 aromatic carbocycles. The molecule has 0 aliphatic carbocycles. The molecule has 0 aromatic heterocycles. The molecule has 3 heteroatoms. The Bertz CT molecular complexity index is 232. The highest BCUT2D eigenvalue weighted by molar-refractivity contribution is 4.88. The van der Waals surface area contributed by atoms with Gasteiger partial charge in [-0.3, -0.25) is 0 Å². The minimum Gasteiger partial charge on any atom is -0.373 e. The van der Waals surface area contributed by atoms with Crippen LogP contribution in [0.3, 0.4) is 0 Å². The topological polar surface area (TPSA) is 27.7 Å². The Hall–Kier alpha value is -0.120. The number of hydrogen-bond donors (Lipinski definition) is 0. The third kappa shape index (κ3) is 4.57. The Kier molecular flexibility index (Phi) is 4.99. The first-order valence-corrected chi connectivity index (χ1v) is 6.65. The lowest BCUT2D eigenvalue weighted by Crippen LogP contribution is -2.36. The minimum absolute atomic E-state index is 0.0571. The van der Waals surface area contributed by atoms with Crippen LogP contribution in [-0.2, 0) is 14.2 Å². The molecule has 1 saturated heterocycles. The highest BCUT2D eigenvalue weighted by Crippen LogP contribution is 2.30. The minimum atomic E-state index is -0.124. The Labute approximate surface area is 106 Å². The van der Waals surface area contributed by atoms with Gasteiger partial charge in [0, 0.05) is 5.92 Å². The van der Waals surface area contributed by atoms with Crippen molar-refractivity contribution in [3.63, 3.8) is 0 Å². The Balaban J connectivity index is 2.56. The summed E-state index contributed by atoms with van der Waals surface area (Å²) in [5.41, 5.74) is -0.124. The van der Waals surface area contributed by atoms with Crippen molar-refractivity contribution in [2.24, 2.45) is 5.92 Å². The first-order valence-electron chi connectivity index (χ1n) is 6.65. The van der Waals surface area contributed by atoms with Gasteiger partial charge in [-0.25, -0.2) is 0 Å². The molecule has 0 saturated carbocycles. The van der Waals surface area contributed by atoms with Gasteiger partial charge in [0.1, 0.15) is 6.10 Å². The predicted octanol–water partition coefficient (Wildman–Crippen LogP) is 3.02. The predicted molar refractivity (Wildman–Crippen MR) is 69.2 cm³/mol. The molecule has 17 heavy (non-hydrogen) atoms. The molecular weight excluding hydrogens is 216 g/mol. The second-order valence-electron chi connectivity index (χ2n) is 6.31. The molecule has 0 aromatic rings. The van der Waals surface area contributed by atoms with Crippen molar-refractivity contribution in [3.8, 4) is 0 Å². The highest BCUT2D eigenvalue weighted by atomic mass is 16.6. The average molecular weight is 244 g/mol. The van der Waals surface area contributed by atoms with Crippen molar-refractivity contribution in [2.75, 3.05) is 6.61 Å². The van der Waals surface area contributed by atoms with E-state index in [9.17, 15) is 0 Å². The molecule has 1 aliphatic rings. The summed E-state index contributed by atoms with van der Waals surface area (Å²) in [6.45, 7) is 15.2. The fourth-order valence-electron chi connectivity index (χ4n) is 2.07. The number of rotatable bonds is 4. The van der Waals surface area contributed by atoms with Crippen LogP contribution in [0.2, 0.25) is 0 Å². The molecule has 3 nitrogen and oxygen atoms in total. The smallest absolute Gasteiger partial charge is 0.108 e. The molecular formula is C14H28O3. The molecule has 0 bridgehead atoms. The monoisotopic (exact) mass is 244 g/mol. The summed E-state index contributed by atoms with van der Waals surface area (Å²) in [5.74, 6) is 0.422. The third-order valence-electron chi connectivity index (χ3n) is 3.12. The first kappa shape index (κ1) is 14.9. The van der Waals surface area contributed by atoms with E-state index in [0.717, 1.165) is 0 Å². The van der Waals surface area contributed by atoms with Crippen LogP contribution in [-0.4, -0.2) is 36.6 Å². The van der Waals surface area contributed by atoms with Gasteiger partial charge < -0.3 is 14.2 Å². The van der Waals surface area contributed by atoms with E-state index in [0.29, 0.717) is 12.5 Å². The van der Waals surface area contributed by atoms with E-state index in [2.05, 4.69) is 48.5 Å². The molecule has 1 heterocycles. The molecule has 0 amide bonds. The quantitative estimate of drug-likeness (QED) is 0.761. The van der Waals surface area contributed by atoms with Crippen molar-refractivity contribution in [3.05, 3.63) is 0 Å². The van der Waals surface area contributed by atoms with Crippen LogP contribution in [0.4, 0.5) is 0 Å². The second-order valence-corrected chi connectivity index (χ2v) is 6.31. The van der Waals surface area contributed by atoms with Gasteiger partial charge in [-0.15, -0.1) is 0 Å². The molecule has 4 atom stereocenters. The fourth-order valence-corrected chi connectivity index (χ4v) is 2.07. The maximum absolute atomic E-state index is 5.97. The van der Waals surface area contributed by atoms with E-state index in [4.69, 9.17) is 14.2 Å². The molecule has 0 N–H and O–H groups in total. The van der Waals surface area contributed by atoms with Crippen molar-refractivity contribution in [2.45, 2.75) is 78.5 Å². The van der Waals surface area contributed by atoms with Gasteiger partial charge >= 0.3 is 0 Å². The number of ether oxygens (including phenoxy) is 3. The lowest BCUT2D eigenvalue weighted by molar-refractivity contribution is -0.108. The van der Waals surface area contributed by atoms with E-state index in [1.54, 1.807) is 0 Å². The van der Waals surface area contributed by atoms with Gasteiger partial charge in [0.05, 0.1) is 30.5 Å². The summed E-state index contributed by atoms with van der Waals surface area (Å²) in [5, 5.41) is 0. The molecule has 1 aliphatic heterocycles. The van der Waals surface area contributed by atoms with Crippen LogP contribution < -0.4 is 0 Å². The lowest BCUT2D eigenvalue weighted by Gasteiger charge is -2.27. The standard InChI is InChI=1S/C14H28O3/c1-9(2)16-13-10(3)11(4)17-12(13)8-15-14(5,6)7/h9-13H,8H2,1-7H3/t10-,11+,12-,13?/m1/s1. The summed E-state index contributed by atoms with van der Waals surface area (Å²) in [7, 11) is 0. The van der Waals surface area contributed by atoms with Crippen LogP contribution in [0.15, 0.2) is 0 Å². The molecule has 1 rings (SSSR count). The van der Waals surface area contributed by atoms with E-state index >= 15 is 0 Å². The summed E-state index contributed by atoms with van der Waals surface area (Å²) >= 11 is 0. The summed E-state index contributed by atoms with van der Waals surface area (Å²) in [6.07, 6.45) is 0.676. The van der Waals surface area contributed by atoms with Gasteiger partial charge in [0.15, 0.2) is 0 Å². The summed E-state index contributed by atoms with van der Waals surface area (Å²) in [6, 6.07) is 0. The molecule has 102 valence electrons. The van der Waals surface area contributed by atoms with Crippen LogP contribution in [0.5, 0.6) is 0 Å².